The first-order valence-electron chi connectivity index (χ1n) is 7.41. The number of pyridine rings is 1. The molecule has 2 rings (SSSR count). The molecular weight excluding hydrogens is 284 g/mol. The van der Waals surface area contributed by atoms with Gasteiger partial charge in [-0.25, -0.2) is 4.98 Å². The Kier molecular flexibility index (Phi) is 4.35. The average Bonchev–Trinajstić information content (AvgIpc) is 2.86. The van der Waals surface area contributed by atoms with E-state index in [-0.39, 0.29) is 28.5 Å². The van der Waals surface area contributed by atoms with Crippen LogP contribution in [-0.2, 0) is 0 Å². The molecule has 0 spiro atoms. The Morgan fingerprint density at radius 3 is 2.68 bits per heavy atom. The molecule has 120 valence electrons. The number of rotatable bonds is 4. The number of aromatic nitrogens is 1. The summed E-state index contributed by atoms with van der Waals surface area (Å²) in [6, 6.07) is 1.39. The van der Waals surface area contributed by atoms with Gasteiger partial charge < -0.3 is 11.1 Å². The zero-order valence-corrected chi connectivity index (χ0v) is 13.1. The highest BCUT2D eigenvalue weighted by molar-refractivity contribution is 5.98. The molecule has 1 aliphatic carbocycles. The third kappa shape index (κ3) is 3.18. The van der Waals surface area contributed by atoms with Gasteiger partial charge in [0.1, 0.15) is 5.56 Å². The van der Waals surface area contributed by atoms with Crippen LogP contribution in [0.4, 0.5) is 11.5 Å². The van der Waals surface area contributed by atoms with Crippen LogP contribution >= 0.6 is 0 Å². The highest BCUT2D eigenvalue weighted by Crippen LogP contribution is 2.41. The van der Waals surface area contributed by atoms with Crippen LogP contribution in [0.3, 0.4) is 0 Å². The van der Waals surface area contributed by atoms with E-state index in [1.807, 2.05) is 0 Å². The normalized spacial score (nSPS) is 21.6. The third-order valence-corrected chi connectivity index (χ3v) is 4.32. The van der Waals surface area contributed by atoms with Crippen molar-refractivity contribution in [3.8, 4) is 0 Å². The van der Waals surface area contributed by atoms with Crippen molar-refractivity contribution in [3.63, 3.8) is 0 Å². The molecular formula is C15H22N4O3. The molecule has 2 atom stereocenters. The lowest BCUT2D eigenvalue weighted by molar-refractivity contribution is -0.384. The zero-order valence-electron chi connectivity index (χ0n) is 13.1. The fourth-order valence-electron chi connectivity index (χ4n) is 3.29. The van der Waals surface area contributed by atoms with Crippen LogP contribution < -0.4 is 11.1 Å². The summed E-state index contributed by atoms with van der Waals surface area (Å²) >= 11 is 0. The van der Waals surface area contributed by atoms with Gasteiger partial charge in [0.15, 0.2) is 0 Å². The summed E-state index contributed by atoms with van der Waals surface area (Å²) in [6.07, 6.45) is 4.45. The lowest BCUT2D eigenvalue weighted by atomic mass is 9.77. The standard InChI is InChI=1S/C15H22N4O3/c1-15(2,3)10-5-4-6-11(10)18-14-12(19(21)22)9(13(16)20)7-8-17-14/h7-8,10-11H,4-6H2,1-3H3,(H2,16,20)(H,17,18). The van der Waals surface area contributed by atoms with Crippen molar-refractivity contribution in [1.82, 2.24) is 4.98 Å². The van der Waals surface area contributed by atoms with E-state index in [0.717, 1.165) is 19.3 Å². The van der Waals surface area contributed by atoms with Gasteiger partial charge in [-0.2, -0.15) is 0 Å². The molecule has 0 aliphatic heterocycles. The van der Waals surface area contributed by atoms with Crippen LogP contribution in [0.15, 0.2) is 12.3 Å². The van der Waals surface area contributed by atoms with E-state index in [9.17, 15) is 14.9 Å². The summed E-state index contributed by atoms with van der Waals surface area (Å²) in [5.41, 5.74) is 4.87. The molecule has 0 aromatic carbocycles. The highest BCUT2D eigenvalue weighted by atomic mass is 16.6. The number of nitro groups is 1. The molecule has 1 aromatic heterocycles. The Labute approximate surface area is 129 Å². The number of nitrogens with zero attached hydrogens (tertiary/aromatic N) is 2. The molecule has 1 fully saturated rings. The van der Waals surface area contributed by atoms with Gasteiger partial charge in [-0.15, -0.1) is 0 Å². The molecule has 0 saturated heterocycles. The predicted octanol–water partition coefficient (Wildman–Crippen LogP) is 2.72. The van der Waals surface area contributed by atoms with Crippen molar-refractivity contribution >= 4 is 17.4 Å². The average molecular weight is 306 g/mol. The van der Waals surface area contributed by atoms with Crippen molar-refractivity contribution in [2.24, 2.45) is 17.1 Å². The molecule has 7 nitrogen and oxygen atoms in total. The van der Waals surface area contributed by atoms with Crippen molar-refractivity contribution < 1.29 is 9.72 Å². The van der Waals surface area contributed by atoms with Crippen molar-refractivity contribution in [2.75, 3.05) is 5.32 Å². The predicted molar refractivity (Wildman–Crippen MR) is 83.6 cm³/mol. The molecule has 0 bridgehead atoms. The Morgan fingerprint density at radius 1 is 1.45 bits per heavy atom. The first-order valence-corrected chi connectivity index (χ1v) is 7.41. The summed E-state index contributed by atoms with van der Waals surface area (Å²) in [5, 5.41) is 14.5. The second kappa shape index (κ2) is 5.90. The number of hydrogen-bond acceptors (Lipinski definition) is 5. The van der Waals surface area contributed by atoms with E-state index >= 15 is 0 Å². The number of carbonyl (C=O) groups is 1. The van der Waals surface area contributed by atoms with E-state index in [4.69, 9.17) is 5.73 Å². The van der Waals surface area contributed by atoms with Crippen LogP contribution in [0.2, 0.25) is 0 Å². The van der Waals surface area contributed by atoms with Crippen molar-refractivity contribution in [2.45, 2.75) is 46.1 Å². The second-order valence-electron chi connectivity index (χ2n) is 6.83. The molecule has 7 heteroatoms. The first kappa shape index (κ1) is 16.2. The van der Waals surface area contributed by atoms with Gasteiger partial charge in [0.2, 0.25) is 5.82 Å². The molecule has 1 heterocycles. The van der Waals surface area contributed by atoms with Crippen LogP contribution in [0.1, 0.15) is 50.4 Å². The zero-order chi connectivity index (χ0) is 16.5. The van der Waals surface area contributed by atoms with E-state index in [1.165, 1.54) is 12.3 Å². The number of hydrogen-bond donors (Lipinski definition) is 2. The van der Waals surface area contributed by atoms with Crippen LogP contribution in [0.5, 0.6) is 0 Å². The van der Waals surface area contributed by atoms with E-state index in [2.05, 4.69) is 31.1 Å². The molecule has 22 heavy (non-hydrogen) atoms. The third-order valence-electron chi connectivity index (χ3n) is 4.32. The molecule has 1 aliphatic rings. The van der Waals surface area contributed by atoms with E-state index < -0.39 is 10.8 Å². The smallest absolute Gasteiger partial charge is 0.324 e. The summed E-state index contributed by atoms with van der Waals surface area (Å²) in [4.78, 5) is 26.2. The summed E-state index contributed by atoms with van der Waals surface area (Å²) in [7, 11) is 0. The minimum atomic E-state index is -0.823. The Morgan fingerprint density at radius 2 is 2.14 bits per heavy atom. The molecule has 1 amide bonds. The van der Waals surface area contributed by atoms with Crippen LogP contribution in [-0.4, -0.2) is 21.9 Å². The van der Waals surface area contributed by atoms with Gasteiger partial charge in [-0.1, -0.05) is 27.2 Å². The number of nitrogens with two attached hydrogens (primary N) is 1. The van der Waals surface area contributed by atoms with Gasteiger partial charge in [-0.05, 0) is 30.2 Å². The fourth-order valence-corrected chi connectivity index (χ4v) is 3.29. The van der Waals surface area contributed by atoms with Crippen LogP contribution in [0.25, 0.3) is 0 Å². The minimum absolute atomic E-state index is 0.101. The van der Waals surface area contributed by atoms with Crippen molar-refractivity contribution in [3.05, 3.63) is 27.9 Å². The maximum absolute atomic E-state index is 11.4. The van der Waals surface area contributed by atoms with Crippen molar-refractivity contribution in [1.29, 1.82) is 0 Å². The van der Waals surface area contributed by atoms with Crippen LogP contribution in [0, 0.1) is 21.4 Å². The number of amides is 1. The number of primary amides is 1. The van der Waals surface area contributed by atoms with E-state index in [1.54, 1.807) is 0 Å². The van der Waals surface area contributed by atoms with Gasteiger partial charge in [0, 0.05) is 12.2 Å². The monoisotopic (exact) mass is 306 g/mol. The largest absolute Gasteiger partial charge is 0.365 e. The molecule has 3 N–H and O–H groups in total. The highest BCUT2D eigenvalue weighted by Gasteiger charge is 2.37. The maximum atomic E-state index is 11.4. The lowest BCUT2D eigenvalue weighted by Gasteiger charge is -2.32. The molecule has 2 unspecified atom stereocenters. The number of anilines is 1. The number of carbonyl (C=O) groups excluding carboxylic acids is 1. The molecule has 1 aromatic rings. The SMILES string of the molecule is CC(C)(C)C1CCCC1Nc1nccc(C(N)=O)c1[N+](=O)[O-]. The summed E-state index contributed by atoms with van der Waals surface area (Å²) < 4.78 is 0. The van der Waals surface area contributed by atoms with Gasteiger partial charge in [0.25, 0.3) is 5.91 Å². The Balaban J connectivity index is 2.36. The first-order chi connectivity index (χ1) is 10.2. The summed E-state index contributed by atoms with van der Waals surface area (Å²) in [6.45, 7) is 6.50. The Bertz CT molecular complexity index is 595. The summed E-state index contributed by atoms with van der Waals surface area (Å²) in [5.74, 6) is -0.301. The fraction of sp³-hybridized carbons (Fsp3) is 0.600. The maximum Gasteiger partial charge on any atom is 0.324 e. The quantitative estimate of drug-likeness (QED) is 0.656. The van der Waals surface area contributed by atoms with Gasteiger partial charge >= 0.3 is 5.69 Å². The second-order valence-corrected chi connectivity index (χ2v) is 6.83. The van der Waals surface area contributed by atoms with E-state index in [0.29, 0.717) is 5.92 Å². The topological polar surface area (TPSA) is 111 Å². The molecule has 1 saturated carbocycles. The number of nitrogens with one attached hydrogen (secondary N) is 1. The Hall–Kier alpha value is -2.18. The molecule has 0 radical (unpaired) electrons. The lowest BCUT2D eigenvalue weighted by Crippen LogP contribution is -2.33. The minimum Gasteiger partial charge on any atom is -0.365 e. The van der Waals surface area contributed by atoms with Gasteiger partial charge in [-0.3, -0.25) is 14.9 Å². The van der Waals surface area contributed by atoms with Gasteiger partial charge in [0.05, 0.1) is 4.92 Å².